The predicted molar refractivity (Wildman–Crippen MR) is 61.5 cm³/mol. The lowest BCUT2D eigenvalue weighted by Gasteiger charge is -1.91. The van der Waals surface area contributed by atoms with Gasteiger partial charge < -0.3 is 0 Å². The molecule has 1 aliphatic rings. The maximum Gasteiger partial charge on any atom is 0.214 e. The summed E-state index contributed by atoms with van der Waals surface area (Å²) in [5.41, 5.74) is 0. The van der Waals surface area contributed by atoms with Crippen LogP contribution >= 0.6 is 11.8 Å². The Morgan fingerprint density at radius 2 is 2.38 bits per heavy atom. The average Bonchev–Trinajstić information content (AvgIpc) is 2.52. The molecule has 0 N–H and O–H groups in total. The van der Waals surface area contributed by atoms with Crippen molar-refractivity contribution < 1.29 is 4.58 Å². The summed E-state index contributed by atoms with van der Waals surface area (Å²) in [6.45, 7) is 3.48. The van der Waals surface area contributed by atoms with E-state index >= 15 is 0 Å². The first-order chi connectivity index (χ1) is 6.34. The van der Waals surface area contributed by atoms with Gasteiger partial charge in [0.25, 0.3) is 0 Å². The Morgan fingerprint density at radius 3 is 3.00 bits per heavy atom. The Morgan fingerprint density at radius 1 is 1.54 bits per heavy atom. The van der Waals surface area contributed by atoms with Crippen LogP contribution in [0.5, 0.6) is 0 Å². The molecule has 1 aliphatic heterocycles. The topological polar surface area (TPSA) is 3.01 Å². The molecule has 74 valence electrons. The van der Waals surface area contributed by atoms with Crippen LogP contribution in [0.25, 0.3) is 0 Å². The number of rotatable bonds is 4. The molecule has 0 fully saturated rings. The molecular formula is C11H20NS+. The number of hydrogen-bond acceptors (Lipinski definition) is 1. The van der Waals surface area contributed by atoms with Gasteiger partial charge >= 0.3 is 0 Å². The maximum absolute atomic E-state index is 2.37. The number of allylic oxidation sites excluding steroid dienone is 1. The highest BCUT2D eigenvalue weighted by Gasteiger charge is 2.17. The van der Waals surface area contributed by atoms with Crippen molar-refractivity contribution in [3.63, 3.8) is 0 Å². The summed E-state index contributed by atoms with van der Waals surface area (Å²) in [7, 11) is 2.19. The zero-order chi connectivity index (χ0) is 9.52. The van der Waals surface area contributed by atoms with Crippen molar-refractivity contribution >= 4 is 16.8 Å². The minimum Gasteiger partial charge on any atom is -0.230 e. The van der Waals surface area contributed by atoms with E-state index in [0.29, 0.717) is 0 Å². The van der Waals surface area contributed by atoms with Gasteiger partial charge in [0.05, 0.1) is 0 Å². The summed E-state index contributed by atoms with van der Waals surface area (Å²) in [4.78, 5) is 0. The van der Waals surface area contributed by atoms with Crippen molar-refractivity contribution in [1.82, 2.24) is 0 Å². The molecule has 0 radical (unpaired) electrons. The zero-order valence-corrected chi connectivity index (χ0v) is 9.57. The van der Waals surface area contributed by atoms with E-state index in [1.165, 1.54) is 43.7 Å². The molecule has 13 heavy (non-hydrogen) atoms. The third-order valence-corrected chi connectivity index (χ3v) is 3.45. The summed E-state index contributed by atoms with van der Waals surface area (Å²) >= 11 is 1.90. The van der Waals surface area contributed by atoms with E-state index in [0.717, 1.165) is 0 Å². The van der Waals surface area contributed by atoms with Gasteiger partial charge in [0.1, 0.15) is 13.6 Å². The van der Waals surface area contributed by atoms with Gasteiger partial charge in [-0.15, -0.1) is 0 Å². The minimum atomic E-state index is 1.24. The number of hydrogen-bond donors (Lipinski definition) is 0. The lowest BCUT2D eigenvalue weighted by molar-refractivity contribution is -0.486. The normalized spacial score (nSPS) is 17.7. The highest BCUT2D eigenvalue weighted by molar-refractivity contribution is 8.16. The van der Waals surface area contributed by atoms with Crippen molar-refractivity contribution in [2.75, 3.05) is 13.6 Å². The minimum absolute atomic E-state index is 1.24. The Bertz CT molecular complexity index is 206. The summed E-state index contributed by atoms with van der Waals surface area (Å²) in [5.74, 6) is 0. The SMILES string of the molecule is CCCC/C=C\SC1=[N+](C)CCC1. The third kappa shape index (κ3) is 3.99. The molecule has 0 atom stereocenters. The first kappa shape index (κ1) is 10.8. The van der Waals surface area contributed by atoms with Crippen molar-refractivity contribution in [2.24, 2.45) is 0 Å². The first-order valence-electron chi connectivity index (χ1n) is 5.23. The van der Waals surface area contributed by atoms with Gasteiger partial charge in [-0.1, -0.05) is 25.8 Å². The molecule has 2 heteroatoms. The van der Waals surface area contributed by atoms with Crippen molar-refractivity contribution in [1.29, 1.82) is 0 Å². The molecule has 0 amide bonds. The lowest BCUT2D eigenvalue weighted by atomic mass is 10.2. The van der Waals surface area contributed by atoms with Gasteiger partial charge in [-0.2, -0.15) is 0 Å². The molecule has 0 unspecified atom stereocenters. The predicted octanol–water partition coefficient (Wildman–Crippen LogP) is 3.26. The summed E-state index contributed by atoms with van der Waals surface area (Å²) in [5, 5.41) is 3.79. The average molecular weight is 198 g/mol. The van der Waals surface area contributed by atoms with Crippen LogP contribution in [0.4, 0.5) is 0 Å². The molecule has 0 saturated carbocycles. The highest BCUT2D eigenvalue weighted by Crippen LogP contribution is 2.16. The molecule has 0 saturated heterocycles. The monoisotopic (exact) mass is 198 g/mol. The Hall–Kier alpha value is -0.240. The standard InChI is InChI=1S/C11H20NS/c1-3-4-5-6-10-13-11-8-7-9-12(11)2/h6,10H,3-5,7-9H2,1-2H3/q+1/b10-6-. The van der Waals surface area contributed by atoms with Crippen LogP contribution in [0.1, 0.15) is 39.0 Å². The van der Waals surface area contributed by atoms with E-state index in [1.807, 2.05) is 11.8 Å². The molecule has 0 aliphatic carbocycles. The first-order valence-corrected chi connectivity index (χ1v) is 6.11. The van der Waals surface area contributed by atoms with Gasteiger partial charge in [-0.25, -0.2) is 4.58 Å². The smallest absolute Gasteiger partial charge is 0.214 e. The number of unbranched alkanes of at least 4 members (excludes halogenated alkanes) is 2. The summed E-state index contributed by atoms with van der Waals surface area (Å²) in [6, 6.07) is 0. The van der Waals surface area contributed by atoms with Crippen LogP contribution in [0, 0.1) is 0 Å². The van der Waals surface area contributed by atoms with E-state index in [4.69, 9.17) is 0 Å². The molecule has 1 nitrogen and oxygen atoms in total. The Labute approximate surface area is 85.9 Å². The third-order valence-electron chi connectivity index (χ3n) is 2.33. The zero-order valence-electron chi connectivity index (χ0n) is 8.75. The van der Waals surface area contributed by atoms with E-state index in [-0.39, 0.29) is 0 Å². The maximum atomic E-state index is 2.37. The summed E-state index contributed by atoms with van der Waals surface area (Å²) < 4.78 is 2.37. The highest BCUT2D eigenvalue weighted by atomic mass is 32.2. The van der Waals surface area contributed by atoms with Gasteiger partial charge in [-0.3, -0.25) is 0 Å². The Kier molecular flexibility index (Phi) is 5.21. The molecule has 0 aromatic heterocycles. The van der Waals surface area contributed by atoms with Gasteiger partial charge in [-0.05, 0) is 23.6 Å². The van der Waals surface area contributed by atoms with E-state index < -0.39 is 0 Å². The van der Waals surface area contributed by atoms with E-state index in [1.54, 1.807) is 0 Å². The lowest BCUT2D eigenvalue weighted by Crippen LogP contribution is -2.04. The van der Waals surface area contributed by atoms with Crippen LogP contribution in [0.3, 0.4) is 0 Å². The Balaban J connectivity index is 2.18. The molecule has 0 aromatic carbocycles. The van der Waals surface area contributed by atoms with Crippen LogP contribution in [-0.2, 0) is 0 Å². The largest absolute Gasteiger partial charge is 0.230 e. The quantitative estimate of drug-likeness (QED) is 0.495. The van der Waals surface area contributed by atoms with E-state index in [9.17, 15) is 0 Å². The van der Waals surface area contributed by atoms with Crippen molar-refractivity contribution in [3.8, 4) is 0 Å². The molecule has 1 heterocycles. The fourth-order valence-corrected chi connectivity index (χ4v) is 2.37. The van der Waals surface area contributed by atoms with Crippen molar-refractivity contribution in [3.05, 3.63) is 11.5 Å². The van der Waals surface area contributed by atoms with Gasteiger partial charge in [0.2, 0.25) is 5.04 Å². The molecule has 1 rings (SSSR count). The molecular weight excluding hydrogens is 178 g/mol. The fraction of sp³-hybridized carbons (Fsp3) is 0.727. The van der Waals surface area contributed by atoms with E-state index in [2.05, 4.69) is 30.0 Å². The van der Waals surface area contributed by atoms with Crippen molar-refractivity contribution in [2.45, 2.75) is 39.0 Å². The second-order valence-corrected chi connectivity index (χ2v) is 4.53. The molecule has 0 bridgehead atoms. The van der Waals surface area contributed by atoms with Crippen LogP contribution < -0.4 is 0 Å². The second-order valence-electron chi connectivity index (χ2n) is 3.55. The second kappa shape index (κ2) is 6.25. The molecule has 0 aromatic rings. The molecule has 0 spiro atoms. The fourth-order valence-electron chi connectivity index (χ4n) is 1.45. The number of thioether (sulfide) groups is 1. The summed E-state index contributed by atoms with van der Waals surface area (Å²) in [6.07, 6.45) is 8.77. The van der Waals surface area contributed by atoms with Crippen LogP contribution in [0.2, 0.25) is 0 Å². The van der Waals surface area contributed by atoms with Crippen LogP contribution in [0.15, 0.2) is 11.5 Å². The van der Waals surface area contributed by atoms with Crippen LogP contribution in [-0.4, -0.2) is 23.2 Å². The van der Waals surface area contributed by atoms with Gasteiger partial charge in [0.15, 0.2) is 0 Å². The number of nitrogens with zero attached hydrogens (tertiary/aromatic N) is 1. The van der Waals surface area contributed by atoms with Gasteiger partial charge in [0, 0.05) is 12.8 Å².